The van der Waals surface area contributed by atoms with Crippen molar-refractivity contribution in [3.8, 4) is 17.6 Å². The molecule has 0 fully saturated rings. The van der Waals surface area contributed by atoms with Crippen LogP contribution in [0, 0.1) is 18.3 Å². The Kier molecular flexibility index (Phi) is 5.99. The Balaban J connectivity index is 2.09. The van der Waals surface area contributed by atoms with Crippen LogP contribution < -0.4 is 14.8 Å². The molecule has 24 heavy (non-hydrogen) atoms. The number of amides is 1. The third kappa shape index (κ3) is 4.37. The number of hydrogen-bond acceptors (Lipinski definition) is 5. The van der Waals surface area contributed by atoms with E-state index >= 15 is 0 Å². The number of rotatable bonds is 6. The van der Waals surface area contributed by atoms with Crippen molar-refractivity contribution < 1.29 is 14.3 Å². The Labute approximate surface area is 145 Å². The van der Waals surface area contributed by atoms with Crippen molar-refractivity contribution in [1.82, 2.24) is 5.32 Å². The van der Waals surface area contributed by atoms with Crippen LogP contribution in [0.3, 0.4) is 0 Å². The lowest BCUT2D eigenvalue weighted by atomic mass is 10.1. The van der Waals surface area contributed by atoms with Crippen molar-refractivity contribution in [2.45, 2.75) is 13.5 Å². The number of carbonyl (C=O) groups excluding carboxylic acids is 1. The van der Waals surface area contributed by atoms with Crippen LogP contribution in [-0.2, 0) is 11.3 Å². The van der Waals surface area contributed by atoms with Crippen LogP contribution in [0.4, 0.5) is 0 Å². The number of nitrogens with one attached hydrogen (secondary N) is 1. The molecule has 1 heterocycles. The summed E-state index contributed by atoms with van der Waals surface area (Å²) in [5.41, 5.74) is 0.875. The third-order valence-corrected chi connectivity index (χ3v) is 4.29. The van der Waals surface area contributed by atoms with E-state index in [1.165, 1.54) is 11.3 Å². The number of carbonyl (C=O) groups is 1. The van der Waals surface area contributed by atoms with Crippen LogP contribution in [0.1, 0.15) is 15.3 Å². The van der Waals surface area contributed by atoms with Gasteiger partial charge in [-0.05, 0) is 37.3 Å². The van der Waals surface area contributed by atoms with E-state index in [1.807, 2.05) is 31.2 Å². The van der Waals surface area contributed by atoms with Gasteiger partial charge < -0.3 is 14.8 Å². The molecule has 1 N–H and O–H groups in total. The quantitative estimate of drug-likeness (QED) is 0.646. The fourth-order valence-electron chi connectivity index (χ4n) is 2.09. The van der Waals surface area contributed by atoms with Gasteiger partial charge in [-0.3, -0.25) is 4.79 Å². The molecule has 2 rings (SSSR count). The minimum Gasteiger partial charge on any atom is -0.497 e. The van der Waals surface area contributed by atoms with E-state index < -0.39 is 5.91 Å². The summed E-state index contributed by atoms with van der Waals surface area (Å²) in [5.74, 6) is 0.875. The van der Waals surface area contributed by atoms with E-state index in [1.54, 1.807) is 32.4 Å². The first-order chi connectivity index (χ1) is 11.6. The van der Waals surface area contributed by atoms with Crippen molar-refractivity contribution in [2.24, 2.45) is 0 Å². The third-order valence-electron chi connectivity index (χ3n) is 3.35. The molecule has 1 aromatic heterocycles. The van der Waals surface area contributed by atoms with Gasteiger partial charge in [0.05, 0.1) is 14.2 Å². The SMILES string of the molecule is COc1ccc(CNC(=O)/C(C#N)=C/c2ccc(C)s2)c(OC)c1. The largest absolute Gasteiger partial charge is 0.497 e. The van der Waals surface area contributed by atoms with Crippen molar-refractivity contribution in [2.75, 3.05) is 14.2 Å². The molecule has 1 amide bonds. The normalized spacial score (nSPS) is 10.8. The molecule has 5 nitrogen and oxygen atoms in total. The topological polar surface area (TPSA) is 71.3 Å². The Bertz CT molecular complexity index is 803. The zero-order valence-electron chi connectivity index (χ0n) is 13.8. The minimum absolute atomic E-state index is 0.0735. The molecule has 0 radical (unpaired) electrons. The maximum Gasteiger partial charge on any atom is 0.262 e. The van der Waals surface area contributed by atoms with Gasteiger partial charge in [-0.25, -0.2) is 0 Å². The highest BCUT2D eigenvalue weighted by Crippen LogP contribution is 2.24. The molecule has 0 atom stereocenters. The van der Waals surface area contributed by atoms with E-state index in [0.29, 0.717) is 11.5 Å². The number of methoxy groups -OCH3 is 2. The molecule has 2 aromatic rings. The molecule has 0 saturated carbocycles. The fourth-order valence-corrected chi connectivity index (χ4v) is 2.91. The first-order valence-electron chi connectivity index (χ1n) is 7.24. The van der Waals surface area contributed by atoms with Gasteiger partial charge in [0, 0.05) is 27.9 Å². The summed E-state index contributed by atoms with van der Waals surface area (Å²) in [5, 5.41) is 12.0. The molecule has 0 aliphatic heterocycles. The smallest absolute Gasteiger partial charge is 0.262 e. The number of benzene rings is 1. The zero-order chi connectivity index (χ0) is 17.5. The van der Waals surface area contributed by atoms with Gasteiger partial charge in [0.2, 0.25) is 0 Å². The highest BCUT2D eigenvalue weighted by molar-refractivity contribution is 7.12. The molecule has 6 heteroatoms. The van der Waals surface area contributed by atoms with E-state index in [4.69, 9.17) is 9.47 Å². The van der Waals surface area contributed by atoms with Gasteiger partial charge in [-0.15, -0.1) is 11.3 Å². The summed E-state index contributed by atoms with van der Waals surface area (Å²) in [6.45, 7) is 2.23. The second-order valence-corrected chi connectivity index (χ2v) is 6.30. The summed E-state index contributed by atoms with van der Waals surface area (Å²) in [7, 11) is 3.13. The average Bonchev–Trinajstić information content (AvgIpc) is 3.02. The van der Waals surface area contributed by atoms with Gasteiger partial charge >= 0.3 is 0 Å². The van der Waals surface area contributed by atoms with Crippen LogP contribution in [0.2, 0.25) is 0 Å². The van der Waals surface area contributed by atoms with Crippen LogP contribution in [0.25, 0.3) is 6.08 Å². The van der Waals surface area contributed by atoms with E-state index in [2.05, 4.69) is 5.32 Å². The highest BCUT2D eigenvalue weighted by Gasteiger charge is 2.11. The molecular weight excluding hydrogens is 324 g/mol. The van der Waals surface area contributed by atoms with Gasteiger partial charge in [0.25, 0.3) is 5.91 Å². The number of ether oxygens (including phenoxy) is 2. The Morgan fingerprint density at radius 2 is 2.08 bits per heavy atom. The number of nitrogens with zero attached hydrogens (tertiary/aromatic N) is 1. The summed E-state index contributed by atoms with van der Waals surface area (Å²) >= 11 is 1.53. The lowest BCUT2D eigenvalue weighted by molar-refractivity contribution is -0.117. The average molecular weight is 342 g/mol. The monoisotopic (exact) mass is 342 g/mol. The fraction of sp³-hybridized carbons (Fsp3) is 0.222. The highest BCUT2D eigenvalue weighted by atomic mass is 32.1. The standard InChI is InChI=1S/C18H18N2O3S/c1-12-4-7-16(24-12)8-14(10-19)18(21)20-11-13-5-6-15(22-2)9-17(13)23-3/h4-9H,11H2,1-3H3,(H,20,21)/b14-8+. The molecule has 124 valence electrons. The number of thiophene rings is 1. The second-order valence-electron chi connectivity index (χ2n) is 4.98. The minimum atomic E-state index is -0.415. The molecule has 0 aliphatic carbocycles. The second kappa shape index (κ2) is 8.18. The summed E-state index contributed by atoms with van der Waals surface area (Å²) in [6.07, 6.45) is 1.60. The van der Waals surface area contributed by atoms with Crippen molar-refractivity contribution in [3.05, 3.63) is 51.2 Å². The van der Waals surface area contributed by atoms with Gasteiger partial charge in [-0.2, -0.15) is 5.26 Å². The van der Waals surface area contributed by atoms with Crippen LogP contribution in [-0.4, -0.2) is 20.1 Å². The maximum atomic E-state index is 12.2. The van der Waals surface area contributed by atoms with E-state index in [9.17, 15) is 10.1 Å². The Morgan fingerprint density at radius 1 is 1.29 bits per heavy atom. The molecule has 0 spiro atoms. The number of aryl methyl sites for hydroxylation is 1. The number of nitriles is 1. The van der Waals surface area contributed by atoms with Crippen LogP contribution >= 0.6 is 11.3 Å². The van der Waals surface area contributed by atoms with Gasteiger partial charge in [0.1, 0.15) is 23.1 Å². The summed E-state index contributed by atoms with van der Waals surface area (Å²) in [4.78, 5) is 14.2. The van der Waals surface area contributed by atoms with Crippen LogP contribution in [0.15, 0.2) is 35.9 Å². The summed E-state index contributed by atoms with van der Waals surface area (Å²) in [6, 6.07) is 11.1. The molecular formula is C18H18N2O3S. The van der Waals surface area contributed by atoms with Crippen molar-refractivity contribution >= 4 is 23.3 Å². The molecule has 1 aromatic carbocycles. The molecule has 0 unspecified atom stereocenters. The van der Waals surface area contributed by atoms with Crippen molar-refractivity contribution in [1.29, 1.82) is 5.26 Å². The van der Waals surface area contributed by atoms with Gasteiger partial charge in [-0.1, -0.05) is 0 Å². The van der Waals surface area contributed by atoms with E-state index in [0.717, 1.165) is 15.3 Å². The lowest BCUT2D eigenvalue weighted by Crippen LogP contribution is -2.24. The lowest BCUT2D eigenvalue weighted by Gasteiger charge is -2.11. The first kappa shape index (κ1) is 17.6. The first-order valence-corrected chi connectivity index (χ1v) is 8.06. The van der Waals surface area contributed by atoms with Gasteiger partial charge in [0.15, 0.2) is 0 Å². The molecule has 0 saturated heterocycles. The predicted molar refractivity (Wildman–Crippen MR) is 94.0 cm³/mol. The predicted octanol–water partition coefficient (Wildman–Crippen LogP) is 3.30. The zero-order valence-corrected chi connectivity index (χ0v) is 14.6. The number of hydrogen-bond donors (Lipinski definition) is 1. The van der Waals surface area contributed by atoms with E-state index in [-0.39, 0.29) is 12.1 Å². The summed E-state index contributed by atoms with van der Waals surface area (Å²) < 4.78 is 10.4. The van der Waals surface area contributed by atoms with Crippen molar-refractivity contribution in [3.63, 3.8) is 0 Å². The van der Waals surface area contributed by atoms with Crippen LogP contribution in [0.5, 0.6) is 11.5 Å². The maximum absolute atomic E-state index is 12.2. The molecule has 0 aliphatic rings. The Hall–Kier alpha value is -2.78. The molecule has 0 bridgehead atoms. The Morgan fingerprint density at radius 3 is 2.67 bits per heavy atom.